The highest BCUT2D eigenvalue weighted by Crippen LogP contribution is 2.51. The molecule has 2 aromatic carbocycles. The highest BCUT2D eigenvalue weighted by Gasteiger charge is 2.54. The second-order valence-corrected chi connectivity index (χ2v) is 14.4. The molecule has 2 atom stereocenters. The van der Waals surface area contributed by atoms with Crippen molar-refractivity contribution in [3.8, 4) is 17.5 Å². The number of aromatic nitrogens is 4. The quantitative estimate of drug-likeness (QED) is 0.227. The molecule has 1 aliphatic carbocycles. The number of rotatable bonds is 8. The fourth-order valence-electron chi connectivity index (χ4n) is 7.83. The van der Waals surface area contributed by atoms with E-state index in [1.807, 2.05) is 32.2 Å². The van der Waals surface area contributed by atoms with Gasteiger partial charge in [-0.05, 0) is 56.5 Å². The smallest absolute Gasteiger partial charge is 0.343 e. The number of nitrogens with zero attached hydrogens (tertiary/aromatic N) is 7. The lowest BCUT2D eigenvalue weighted by Crippen LogP contribution is -2.65. The van der Waals surface area contributed by atoms with Crippen LogP contribution in [0.5, 0.6) is 17.5 Å². The first-order valence-electron chi connectivity index (χ1n) is 17.2. The van der Waals surface area contributed by atoms with Gasteiger partial charge in [0.25, 0.3) is 5.91 Å². The molecule has 3 aliphatic heterocycles. The number of anilines is 1. The van der Waals surface area contributed by atoms with Gasteiger partial charge in [-0.25, -0.2) is 4.39 Å². The molecular weight excluding hydrogens is 661 g/mol. The number of hydrogen-bond donors (Lipinski definition) is 0. The molecule has 8 rings (SSSR count). The molecule has 2 saturated heterocycles. The number of benzene rings is 2. The summed E-state index contributed by atoms with van der Waals surface area (Å²) in [5.74, 6) is 0.627. The van der Waals surface area contributed by atoms with Crippen LogP contribution in [0.25, 0.3) is 0 Å². The summed E-state index contributed by atoms with van der Waals surface area (Å²) >= 11 is 6.47. The number of morpholine rings is 1. The van der Waals surface area contributed by atoms with Crippen LogP contribution < -0.4 is 14.4 Å². The van der Waals surface area contributed by atoms with Crippen molar-refractivity contribution in [3.63, 3.8) is 0 Å². The zero-order valence-electron chi connectivity index (χ0n) is 28.1. The second-order valence-electron chi connectivity index (χ2n) is 14.1. The average molecular weight is 700 g/mol. The molecular formula is C37H39ClFN7O4. The number of amides is 1. The van der Waals surface area contributed by atoms with Crippen LogP contribution in [0.1, 0.15) is 53.9 Å². The molecule has 5 heterocycles. The summed E-state index contributed by atoms with van der Waals surface area (Å²) in [5.41, 5.74) is 3.81. The van der Waals surface area contributed by atoms with Gasteiger partial charge in [-0.2, -0.15) is 4.98 Å². The Hall–Kier alpha value is -4.39. The van der Waals surface area contributed by atoms with Crippen LogP contribution in [0.2, 0.25) is 5.15 Å². The SMILES string of the molecule is C[C@@H]1COC[C@@H](C)N1C(=O)c1cc(F)ccc1Oc1nnc(Cl)c(N2CC3(CC(Oc4ccnc5c4CN(Cc4ccccc4)CC5)C3)C2)n1. The molecule has 1 spiro atoms. The fourth-order valence-corrected chi connectivity index (χ4v) is 8.03. The lowest BCUT2D eigenvalue weighted by Gasteiger charge is -2.58. The van der Waals surface area contributed by atoms with E-state index >= 15 is 0 Å². The summed E-state index contributed by atoms with van der Waals surface area (Å²) in [5, 5.41) is 8.27. The van der Waals surface area contributed by atoms with Gasteiger partial charge >= 0.3 is 6.01 Å². The molecule has 3 fully saturated rings. The van der Waals surface area contributed by atoms with Gasteiger partial charge in [0, 0.05) is 62.0 Å². The van der Waals surface area contributed by atoms with E-state index in [0.29, 0.717) is 19.0 Å². The Bertz CT molecular complexity index is 1880. The number of ether oxygens (including phenoxy) is 3. The summed E-state index contributed by atoms with van der Waals surface area (Å²) in [6, 6.07) is 15.9. The maximum Gasteiger partial charge on any atom is 0.343 e. The van der Waals surface area contributed by atoms with Gasteiger partial charge in [-0.3, -0.25) is 14.7 Å². The average Bonchev–Trinajstić information content (AvgIpc) is 3.07. The van der Waals surface area contributed by atoms with Gasteiger partial charge in [-0.15, -0.1) is 5.10 Å². The predicted molar refractivity (Wildman–Crippen MR) is 184 cm³/mol. The number of halogens is 2. The van der Waals surface area contributed by atoms with Crippen LogP contribution in [0.3, 0.4) is 0 Å². The van der Waals surface area contributed by atoms with E-state index in [9.17, 15) is 9.18 Å². The lowest BCUT2D eigenvalue weighted by atomic mass is 9.61. The number of pyridine rings is 1. The molecule has 1 saturated carbocycles. The van der Waals surface area contributed by atoms with E-state index in [1.54, 1.807) is 4.90 Å². The molecule has 0 radical (unpaired) electrons. The van der Waals surface area contributed by atoms with E-state index in [1.165, 1.54) is 29.3 Å². The van der Waals surface area contributed by atoms with Gasteiger partial charge in [0.2, 0.25) is 0 Å². The number of hydrogen-bond acceptors (Lipinski definition) is 10. The van der Waals surface area contributed by atoms with Gasteiger partial charge in [0.15, 0.2) is 11.0 Å². The van der Waals surface area contributed by atoms with Crippen LogP contribution in [0.4, 0.5) is 10.2 Å². The number of carbonyl (C=O) groups is 1. The molecule has 0 unspecified atom stereocenters. The Morgan fingerprint density at radius 2 is 1.82 bits per heavy atom. The number of fused-ring (bicyclic) bond motifs is 1. The van der Waals surface area contributed by atoms with E-state index < -0.39 is 5.82 Å². The van der Waals surface area contributed by atoms with Crippen molar-refractivity contribution in [1.82, 2.24) is 30.0 Å². The largest absolute Gasteiger partial charge is 0.490 e. The monoisotopic (exact) mass is 699 g/mol. The topological polar surface area (TPSA) is 106 Å². The third-order valence-corrected chi connectivity index (χ3v) is 10.5. The summed E-state index contributed by atoms with van der Waals surface area (Å²) in [4.78, 5) is 29.0. The van der Waals surface area contributed by atoms with Crippen molar-refractivity contribution in [2.75, 3.05) is 37.7 Å². The van der Waals surface area contributed by atoms with Gasteiger partial charge < -0.3 is 24.0 Å². The van der Waals surface area contributed by atoms with Crippen molar-refractivity contribution in [2.24, 2.45) is 5.41 Å². The van der Waals surface area contributed by atoms with E-state index in [0.717, 1.165) is 63.4 Å². The first-order valence-corrected chi connectivity index (χ1v) is 17.5. The summed E-state index contributed by atoms with van der Waals surface area (Å²) in [6.07, 6.45) is 4.74. The number of carbonyl (C=O) groups excluding carboxylic acids is 1. The van der Waals surface area contributed by atoms with Gasteiger partial charge in [0.1, 0.15) is 23.4 Å². The van der Waals surface area contributed by atoms with Crippen LogP contribution >= 0.6 is 11.6 Å². The molecule has 1 amide bonds. The standard InChI is InChI=1S/C37H39ClFN7O4/c1-23-19-48-20-24(2)46(23)35(47)28-14-26(39)8-9-31(28)50-36-41-34(33(38)42-43-36)45-21-37(22-45)15-27(16-37)49-32-10-12-40-30-11-13-44(18-29(30)32)17-25-6-4-3-5-7-25/h3-10,12,14,23-24,27H,11,13,15-22H2,1-2H3/t23-,24-/m1/s1. The van der Waals surface area contributed by atoms with Crippen molar-refractivity contribution in [3.05, 3.63) is 94.1 Å². The molecule has 260 valence electrons. The van der Waals surface area contributed by atoms with Crippen molar-refractivity contribution < 1.29 is 23.4 Å². The molecule has 0 N–H and O–H groups in total. The molecule has 4 aliphatic rings. The maximum atomic E-state index is 14.4. The lowest BCUT2D eigenvalue weighted by molar-refractivity contribution is -0.0352. The fraction of sp³-hybridized carbons (Fsp3) is 0.432. The molecule has 2 aromatic heterocycles. The van der Waals surface area contributed by atoms with Crippen LogP contribution in [0, 0.1) is 11.2 Å². The van der Waals surface area contributed by atoms with Gasteiger partial charge in [-0.1, -0.05) is 47.0 Å². The van der Waals surface area contributed by atoms with Crippen LogP contribution in [-0.2, 0) is 24.2 Å². The zero-order chi connectivity index (χ0) is 34.4. The molecule has 50 heavy (non-hydrogen) atoms. The maximum absolute atomic E-state index is 14.4. The highest BCUT2D eigenvalue weighted by molar-refractivity contribution is 6.31. The minimum Gasteiger partial charge on any atom is -0.490 e. The Morgan fingerprint density at radius 1 is 1.04 bits per heavy atom. The predicted octanol–water partition coefficient (Wildman–Crippen LogP) is 5.71. The molecule has 0 bridgehead atoms. The van der Waals surface area contributed by atoms with Crippen LogP contribution in [0.15, 0.2) is 60.8 Å². The highest BCUT2D eigenvalue weighted by atomic mass is 35.5. The van der Waals surface area contributed by atoms with Gasteiger partial charge in [0.05, 0.1) is 30.9 Å². The normalized spacial score (nSPS) is 21.7. The van der Waals surface area contributed by atoms with Crippen LogP contribution in [-0.4, -0.2) is 86.9 Å². The first-order chi connectivity index (χ1) is 24.2. The Morgan fingerprint density at radius 3 is 2.60 bits per heavy atom. The Kier molecular flexibility index (Phi) is 8.78. The second kappa shape index (κ2) is 13.4. The van der Waals surface area contributed by atoms with E-state index in [-0.39, 0.29) is 52.0 Å². The van der Waals surface area contributed by atoms with Crippen molar-refractivity contribution >= 4 is 23.3 Å². The molecule has 4 aromatic rings. The minimum atomic E-state index is -0.549. The molecule has 11 nitrogen and oxygen atoms in total. The van der Waals surface area contributed by atoms with Crippen molar-refractivity contribution in [2.45, 2.75) is 64.4 Å². The summed E-state index contributed by atoms with van der Waals surface area (Å²) in [7, 11) is 0. The van der Waals surface area contributed by atoms with E-state index in [2.05, 4.69) is 54.2 Å². The van der Waals surface area contributed by atoms with E-state index in [4.69, 9.17) is 25.8 Å². The zero-order valence-corrected chi connectivity index (χ0v) is 28.9. The third-order valence-electron chi connectivity index (χ3n) is 10.2. The minimum absolute atomic E-state index is 0.0762. The summed E-state index contributed by atoms with van der Waals surface area (Å²) in [6.45, 7) is 8.79. The summed E-state index contributed by atoms with van der Waals surface area (Å²) < 4.78 is 32.5. The Balaban J connectivity index is 0.903. The first kappa shape index (κ1) is 32.8. The Labute approximate surface area is 295 Å². The molecule has 13 heteroatoms. The van der Waals surface area contributed by atoms with Crippen molar-refractivity contribution in [1.29, 1.82) is 0 Å². The third kappa shape index (κ3) is 6.47.